The summed E-state index contributed by atoms with van der Waals surface area (Å²) in [5.41, 5.74) is 1.45. The molecule has 0 saturated carbocycles. The number of nitrogens with zero attached hydrogens (tertiary/aromatic N) is 1. The number of phenolic OH excluding ortho intramolecular Hbond substituents is 1. The quantitative estimate of drug-likeness (QED) is 0.0487. The molecule has 1 aliphatic carbocycles. The first kappa shape index (κ1) is 40.5. The van der Waals surface area contributed by atoms with Crippen molar-refractivity contribution >= 4 is 58.3 Å². The third-order valence-electron chi connectivity index (χ3n) is 9.05. The van der Waals surface area contributed by atoms with Crippen molar-refractivity contribution in [2.24, 2.45) is 0 Å². The number of benzene rings is 3. The molecule has 4 N–H and O–H groups in total. The number of unbranched alkanes of at least 4 members (excludes halogenated alkanes) is 7. The zero-order chi connectivity index (χ0) is 39.3. The molecule has 4 amide bonds. The van der Waals surface area contributed by atoms with Crippen LogP contribution in [0.25, 0.3) is 33.4 Å². The van der Waals surface area contributed by atoms with E-state index in [4.69, 9.17) is 9.25 Å². The average Bonchev–Trinajstić information content (AvgIpc) is 3.47. The number of carboxylic acids is 1. The zero-order valence-corrected chi connectivity index (χ0v) is 31.0. The molecule has 1 fully saturated rings. The number of rotatable bonds is 20. The minimum absolute atomic E-state index is 0.0150. The SMILES string of the molecule is O=C(CSCCC(=O)ON1C(=O)CCC1=O)NCCCCCCCCCCNC(=O)c1ccc(C(=O)O)c(-c2c3ccc(=O)cc-3oc3cc(O)ccc23)c1. The van der Waals surface area contributed by atoms with Gasteiger partial charge in [-0.3, -0.25) is 24.0 Å². The number of carbonyl (C=O) groups excluding carboxylic acids is 5. The van der Waals surface area contributed by atoms with Crippen molar-refractivity contribution in [1.82, 2.24) is 15.7 Å². The van der Waals surface area contributed by atoms with Gasteiger partial charge in [-0.25, -0.2) is 9.59 Å². The largest absolute Gasteiger partial charge is 0.508 e. The number of amides is 4. The highest BCUT2D eigenvalue weighted by molar-refractivity contribution is 7.99. The van der Waals surface area contributed by atoms with Crippen molar-refractivity contribution in [2.45, 2.75) is 70.6 Å². The van der Waals surface area contributed by atoms with E-state index in [-0.39, 0.29) is 76.0 Å². The van der Waals surface area contributed by atoms with E-state index < -0.39 is 23.8 Å². The smallest absolute Gasteiger partial charge is 0.336 e. The van der Waals surface area contributed by atoms with Crippen molar-refractivity contribution in [3.05, 3.63) is 75.9 Å². The molecule has 1 saturated heterocycles. The van der Waals surface area contributed by atoms with Crippen LogP contribution in [0, 0.1) is 0 Å². The lowest BCUT2D eigenvalue weighted by molar-refractivity contribution is -0.197. The van der Waals surface area contributed by atoms with Gasteiger partial charge in [-0.05, 0) is 60.9 Å². The first-order valence-electron chi connectivity index (χ1n) is 18.3. The number of carbonyl (C=O) groups is 6. The number of phenols is 1. The van der Waals surface area contributed by atoms with Crippen LogP contribution >= 0.6 is 11.8 Å². The van der Waals surface area contributed by atoms with Crippen LogP contribution in [0.4, 0.5) is 0 Å². The van der Waals surface area contributed by atoms with Gasteiger partial charge in [0.1, 0.15) is 17.1 Å². The van der Waals surface area contributed by atoms with Crippen molar-refractivity contribution in [3.8, 4) is 28.2 Å². The van der Waals surface area contributed by atoms with Gasteiger partial charge in [0.2, 0.25) is 5.91 Å². The van der Waals surface area contributed by atoms with Gasteiger partial charge in [-0.15, -0.1) is 5.06 Å². The number of aromatic hydroxyl groups is 1. The second kappa shape index (κ2) is 19.6. The van der Waals surface area contributed by atoms with E-state index >= 15 is 0 Å². The first-order chi connectivity index (χ1) is 26.5. The van der Waals surface area contributed by atoms with Gasteiger partial charge in [0.25, 0.3) is 17.7 Å². The standard InChI is InChI=1S/C40H43N3O11S/c44-26-10-13-29-32(22-26)53-33-23-27(45)11-14-30(33)38(29)31-21-25(9-12-28(31)40(51)52)39(50)42-19-8-6-4-2-1-3-5-7-18-41-34(46)24-55-20-17-37(49)54-43-35(47)15-16-36(43)48/h9-14,21-23,44H,1-8,15-20,24H2,(H,41,46)(H,42,50)(H,51,52). The monoisotopic (exact) mass is 773 g/mol. The number of fused-ring (bicyclic) bond motifs is 2. The minimum atomic E-state index is -1.18. The molecule has 2 aromatic carbocycles. The van der Waals surface area contributed by atoms with E-state index in [0.29, 0.717) is 40.4 Å². The molecule has 2 heterocycles. The molecular formula is C40H43N3O11S. The van der Waals surface area contributed by atoms with Crippen LogP contribution in [0.1, 0.15) is 91.3 Å². The molecule has 2 aliphatic heterocycles. The summed E-state index contributed by atoms with van der Waals surface area (Å²) >= 11 is 1.27. The summed E-state index contributed by atoms with van der Waals surface area (Å²) in [4.78, 5) is 89.2. The lowest BCUT2D eigenvalue weighted by atomic mass is 9.89. The molecule has 3 aliphatic rings. The van der Waals surface area contributed by atoms with Crippen LogP contribution in [0.3, 0.4) is 0 Å². The summed E-state index contributed by atoms with van der Waals surface area (Å²) in [7, 11) is 0. The number of aromatic carboxylic acids is 1. The summed E-state index contributed by atoms with van der Waals surface area (Å²) in [6.07, 6.45) is 7.79. The topological polar surface area (TPSA) is 210 Å². The normalized spacial score (nSPS) is 12.7. The molecule has 5 rings (SSSR count). The summed E-state index contributed by atoms with van der Waals surface area (Å²) in [6.45, 7) is 1.03. The Hall–Kier alpha value is -5.70. The second-order valence-corrected chi connectivity index (χ2v) is 14.3. The number of nitrogens with one attached hydrogen (secondary N) is 2. The molecule has 2 aromatic rings. The lowest BCUT2D eigenvalue weighted by Gasteiger charge is -2.17. The molecule has 14 nitrogen and oxygen atoms in total. The molecule has 0 spiro atoms. The van der Waals surface area contributed by atoms with Gasteiger partial charge < -0.3 is 30.1 Å². The Morgan fingerprint density at radius 2 is 1.45 bits per heavy atom. The highest BCUT2D eigenvalue weighted by Gasteiger charge is 2.32. The highest BCUT2D eigenvalue weighted by Crippen LogP contribution is 2.42. The predicted molar refractivity (Wildman–Crippen MR) is 205 cm³/mol. The Morgan fingerprint density at radius 1 is 0.782 bits per heavy atom. The maximum atomic E-state index is 13.2. The highest BCUT2D eigenvalue weighted by atomic mass is 32.2. The van der Waals surface area contributed by atoms with Crippen LogP contribution in [0.15, 0.2) is 63.8 Å². The van der Waals surface area contributed by atoms with Crippen LogP contribution < -0.4 is 16.1 Å². The van der Waals surface area contributed by atoms with Crippen molar-refractivity contribution in [3.63, 3.8) is 0 Å². The van der Waals surface area contributed by atoms with Crippen LogP contribution in [-0.2, 0) is 24.0 Å². The predicted octanol–water partition coefficient (Wildman–Crippen LogP) is 5.67. The molecule has 55 heavy (non-hydrogen) atoms. The number of hydrogen-bond acceptors (Lipinski definition) is 11. The average molecular weight is 774 g/mol. The number of hydroxylamine groups is 2. The Morgan fingerprint density at radius 3 is 2.15 bits per heavy atom. The summed E-state index contributed by atoms with van der Waals surface area (Å²) < 4.78 is 5.89. The van der Waals surface area contributed by atoms with Gasteiger partial charge in [0.05, 0.1) is 17.7 Å². The number of imide groups is 1. The van der Waals surface area contributed by atoms with E-state index in [1.54, 1.807) is 12.1 Å². The Balaban J connectivity index is 0.970. The van der Waals surface area contributed by atoms with Crippen molar-refractivity contribution < 1.29 is 48.2 Å². The van der Waals surface area contributed by atoms with Crippen molar-refractivity contribution in [2.75, 3.05) is 24.6 Å². The molecular weight excluding hydrogens is 731 g/mol. The molecule has 15 heteroatoms. The summed E-state index contributed by atoms with van der Waals surface area (Å²) in [5, 5.41) is 26.9. The fraction of sp³-hybridized carbons (Fsp3) is 0.375. The van der Waals surface area contributed by atoms with Gasteiger partial charge in [-0.2, -0.15) is 11.8 Å². The fourth-order valence-electron chi connectivity index (χ4n) is 6.25. The van der Waals surface area contributed by atoms with E-state index in [9.17, 15) is 43.8 Å². The minimum Gasteiger partial charge on any atom is -0.508 e. The van der Waals surface area contributed by atoms with Gasteiger partial charge >= 0.3 is 11.9 Å². The Labute approximate surface area is 320 Å². The number of carboxylic acid groups (broad SMARTS) is 1. The molecule has 0 atom stereocenters. The Kier molecular flexibility index (Phi) is 14.4. The number of hydrogen-bond donors (Lipinski definition) is 4. The lowest BCUT2D eigenvalue weighted by Crippen LogP contribution is -2.32. The Bertz CT molecular complexity index is 2080. The number of thioether (sulfide) groups is 1. The summed E-state index contributed by atoms with van der Waals surface area (Å²) in [5.74, 6) is -2.69. The molecule has 290 valence electrons. The third kappa shape index (κ3) is 11.2. The molecule has 0 unspecified atom stereocenters. The second-order valence-electron chi connectivity index (χ2n) is 13.2. The maximum absolute atomic E-state index is 13.2. The van der Waals surface area contributed by atoms with Gasteiger partial charge in [0.15, 0.2) is 5.43 Å². The summed E-state index contributed by atoms with van der Waals surface area (Å²) in [6, 6.07) is 13.1. The van der Waals surface area contributed by atoms with E-state index in [1.165, 1.54) is 54.2 Å². The van der Waals surface area contributed by atoms with Crippen LogP contribution in [0.5, 0.6) is 5.75 Å². The molecule has 0 radical (unpaired) electrons. The molecule has 0 aromatic heterocycles. The van der Waals surface area contributed by atoms with Crippen LogP contribution in [-0.4, -0.2) is 75.4 Å². The maximum Gasteiger partial charge on any atom is 0.336 e. The van der Waals surface area contributed by atoms with Crippen LogP contribution in [0.2, 0.25) is 0 Å². The van der Waals surface area contributed by atoms with E-state index in [0.717, 1.165) is 51.4 Å². The van der Waals surface area contributed by atoms with Gasteiger partial charge in [0, 0.05) is 65.9 Å². The molecule has 0 bridgehead atoms. The third-order valence-corrected chi connectivity index (χ3v) is 10.0. The van der Waals surface area contributed by atoms with E-state index in [1.807, 2.05) is 0 Å². The van der Waals surface area contributed by atoms with Crippen molar-refractivity contribution in [1.29, 1.82) is 0 Å². The first-order valence-corrected chi connectivity index (χ1v) is 19.4. The van der Waals surface area contributed by atoms with Gasteiger partial charge in [-0.1, -0.05) is 38.5 Å². The fourth-order valence-corrected chi connectivity index (χ4v) is 6.99. The van der Waals surface area contributed by atoms with E-state index in [2.05, 4.69) is 10.6 Å². The zero-order valence-electron chi connectivity index (χ0n) is 30.2.